The number of nitrogen functional groups attached to an aromatic ring is 1. The first-order valence-corrected chi connectivity index (χ1v) is 5.32. The molecule has 0 fully saturated rings. The highest BCUT2D eigenvalue weighted by molar-refractivity contribution is 5.68. The lowest BCUT2D eigenvalue weighted by Gasteiger charge is -2.00. The van der Waals surface area contributed by atoms with Crippen molar-refractivity contribution in [2.24, 2.45) is 12.9 Å². The average molecular weight is 229 g/mol. The number of nitrogens with two attached hydrogens (primary N) is 1. The number of hydrogen-bond acceptors (Lipinski definition) is 4. The number of hydrogen-bond donors (Lipinski definition) is 2. The Bertz CT molecular complexity index is 542. The third kappa shape index (κ3) is 2.34. The summed E-state index contributed by atoms with van der Waals surface area (Å²) in [5.41, 5.74) is 4.87. The molecule has 0 amide bonds. The zero-order valence-electron chi connectivity index (χ0n) is 9.88. The predicted octanol–water partition coefficient (Wildman–Crippen LogP) is 1.58. The molecule has 1 aromatic carbocycles. The number of rotatable bonds is 3. The molecule has 2 rings (SSSR count). The number of hydrazine groups is 1. The fourth-order valence-electron chi connectivity index (χ4n) is 1.55. The van der Waals surface area contributed by atoms with E-state index >= 15 is 0 Å². The van der Waals surface area contributed by atoms with Crippen LogP contribution in [0.25, 0.3) is 12.2 Å². The Balaban J connectivity index is 2.26. The van der Waals surface area contributed by atoms with Crippen molar-refractivity contribution in [1.29, 1.82) is 0 Å². The number of aryl methyl sites for hydroxylation is 1. The number of benzene rings is 1. The molecule has 5 nitrogen and oxygen atoms in total. The minimum atomic E-state index is 0.537. The van der Waals surface area contributed by atoms with E-state index in [1.807, 2.05) is 31.3 Å². The van der Waals surface area contributed by atoms with Crippen molar-refractivity contribution in [2.45, 2.75) is 6.92 Å². The highest BCUT2D eigenvalue weighted by Gasteiger charge is 2.03. The van der Waals surface area contributed by atoms with Gasteiger partial charge >= 0.3 is 0 Å². The van der Waals surface area contributed by atoms with Gasteiger partial charge in [-0.25, -0.2) is 5.84 Å². The maximum atomic E-state index is 5.30. The Morgan fingerprint density at radius 2 is 2.00 bits per heavy atom. The lowest BCUT2D eigenvalue weighted by molar-refractivity contribution is 0.895. The van der Waals surface area contributed by atoms with Gasteiger partial charge in [0, 0.05) is 7.05 Å². The second-order valence-electron chi connectivity index (χ2n) is 3.78. The molecule has 0 aliphatic rings. The van der Waals surface area contributed by atoms with E-state index in [1.54, 1.807) is 4.57 Å². The summed E-state index contributed by atoms with van der Waals surface area (Å²) in [6, 6.07) is 8.16. The third-order valence-corrected chi connectivity index (χ3v) is 2.64. The van der Waals surface area contributed by atoms with Gasteiger partial charge in [0.25, 0.3) is 0 Å². The molecule has 1 heterocycles. The maximum absolute atomic E-state index is 5.30. The van der Waals surface area contributed by atoms with Crippen molar-refractivity contribution < 1.29 is 0 Å². The fourth-order valence-corrected chi connectivity index (χ4v) is 1.55. The van der Waals surface area contributed by atoms with E-state index in [0.29, 0.717) is 5.95 Å². The Labute approximate surface area is 99.9 Å². The first kappa shape index (κ1) is 11.3. The van der Waals surface area contributed by atoms with Gasteiger partial charge in [0.15, 0.2) is 5.82 Å². The molecule has 0 aliphatic carbocycles. The molecule has 88 valence electrons. The van der Waals surface area contributed by atoms with Crippen LogP contribution >= 0.6 is 0 Å². The van der Waals surface area contributed by atoms with Crippen molar-refractivity contribution >= 4 is 18.1 Å². The monoisotopic (exact) mass is 229 g/mol. The van der Waals surface area contributed by atoms with Crippen LogP contribution in [0.1, 0.15) is 17.0 Å². The quantitative estimate of drug-likeness (QED) is 0.619. The number of anilines is 1. The molecule has 1 aromatic heterocycles. The summed E-state index contributed by atoms with van der Waals surface area (Å²) in [4.78, 5) is 0. The molecule has 0 saturated carbocycles. The topological polar surface area (TPSA) is 68.8 Å². The van der Waals surface area contributed by atoms with Gasteiger partial charge in [-0.2, -0.15) is 0 Å². The van der Waals surface area contributed by atoms with Gasteiger partial charge in [0.05, 0.1) is 0 Å². The van der Waals surface area contributed by atoms with Crippen LogP contribution in [0.15, 0.2) is 24.3 Å². The fraction of sp³-hybridized carbons (Fsp3) is 0.167. The van der Waals surface area contributed by atoms with Crippen LogP contribution in [0.3, 0.4) is 0 Å². The molecule has 0 spiro atoms. The lowest BCUT2D eigenvalue weighted by Crippen LogP contribution is -2.11. The van der Waals surface area contributed by atoms with Crippen LogP contribution < -0.4 is 11.3 Å². The lowest BCUT2D eigenvalue weighted by atomic mass is 10.1. The van der Waals surface area contributed by atoms with Crippen molar-refractivity contribution in [3.63, 3.8) is 0 Å². The Morgan fingerprint density at radius 3 is 2.65 bits per heavy atom. The van der Waals surface area contributed by atoms with E-state index in [9.17, 15) is 0 Å². The highest BCUT2D eigenvalue weighted by atomic mass is 15.4. The molecule has 0 radical (unpaired) electrons. The first-order chi connectivity index (χ1) is 8.22. The minimum Gasteiger partial charge on any atom is -0.296 e. The SMILES string of the molecule is Cc1ccccc1/C=C/c1nnc(NN)n1C. The average Bonchev–Trinajstić information content (AvgIpc) is 2.69. The summed E-state index contributed by atoms with van der Waals surface area (Å²) < 4.78 is 1.79. The summed E-state index contributed by atoms with van der Waals surface area (Å²) in [7, 11) is 1.85. The van der Waals surface area contributed by atoms with Crippen LogP contribution in [-0.2, 0) is 7.05 Å². The third-order valence-electron chi connectivity index (χ3n) is 2.64. The molecule has 0 saturated heterocycles. The zero-order valence-corrected chi connectivity index (χ0v) is 9.88. The maximum Gasteiger partial charge on any atom is 0.238 e. The predicted molar refractivity (Wildman–Crippen MR) is 68.9 cm³/mol. The Kier molecular flexibility index (Phi) is 3.20. The molecule has 3 N–H and O–H groups in total. The zero-order chi connectivity index (χ0) is 12.3. The van der Waals surface area contributed by atoms with Crippen LogP contribution in [0.5, 0.6) is 0 Å². The van der Waals surface area contributed by atoms with E-state index in [2.05, 4.69) is 34.7 Å². The molecular weight excluding hydrogens is 214 g/mol. The summed E-state index contributed by atoms with van der Waals surface area (Å²) in [5.74, 6) is 6.59. The van der Waals surface area contributed by atoms with Crippen molar-refractivity contribution in [2.75, 3.05) is 5.43 Å². The van der Waals surface area contributed by atoms with Crippen LogP contribution in [0.2, 0.25) is 0 Å². The highest BCUT2D eigenvalue weighted by Crippen LogP contribution is 2.12. The van der Waals surface area contributed by atoms with Gasteiger partial charge in [-0.05, 0) is 24.1 Å². The van der Waals surface area contributed by atoms with Crippen LogP contribution in [0, 0.1) is 6.92 Å². The number of nitrogens with one attached hydrogen (secondary N) is 1. The molecule has 5 heteroatoms. The summed E-state index contributed by atoms with van der Waals surface area (Å²) >= 11 is 0. The van der Waals surface area contributed by atoms with Crippen LogP contribution in [-0.4, -0.2) is 14.8 Å². The minimum absolute atomic E-state index is 0.537. The number of nitrogens with zero attached hydrogens (tertiary/aromatic N) is 3. The summed E-state index contributed by atoms with van der Waals surface area (Å²) in [5, 5.41) is 7.91. The Morgan fingerprint density at radius 1 is 1.24 bits per heavy atom. The van der Waals surface area contributed by atoms with Crippen molar-refractivity contribution in [3.05, 3.63) is 41.2 Å². The van der Waals surface area contributed by atoms with E-state index in [-0.39, 0.29) is 0 Å². The summed E-state index contributed by atoms with van der Waals surface area (Å²) in [6.07, 6.45) is 3.93. The summed E-state index contributed by atoms with van der Waals surface area (Å²) in [6.45, 7) is 2.07. The smallest absolute Gasteiger partial charge is 0.238 e. The first-order valence-electron chi connectivity index (χ1n) is 5.32. The normalized spacial score (nSPS) is 11.0. The van der Waals surface area contributed by atoms with Gasteiger partial charge in [-0.3, -0.25) is 9.99 Å². The van der Waals surface area contributed by atoms with E-state index in [1.165, 1.54) is 5.56 Å². The van der Waals surface area contributed by atoms with Crippen molar-refractivity contribution in [1.82, 2.24) is 14.8 Å². The second kappa shape index (κ2) is 4.80. The molecule has 0 aliphatic heterocycles. The molecule has 0 unspecified atom stereocenters. The van der Waals surface area contributed by atoms with Gasteiger partial charge in [-0.1, -0.05) is 30.3 Å². The van der Waals surface area contributed by atoms with Crippen molar-refractivity contribution in [3.8, 4) is 0 Å². The van der Waals surface area contributed by atoms with Gasteiger partial charge in [0.2, 0.25) is 5.95 Å². The van der Waals surface area contributed by atoms with Crippen LogP contribution in [0.4, 0.5) is 5.95 Å². The molecule has 17 heavy (non-hydrogen) atoms. The molecule has 0 atom stereocenters. The standard InChI is InChI=1S/C12H15N5/c1-9-5-3-4-6-10(9)7-8-11-15-16-12(14-13)17(11)2/h3-8H,13H2,1-2H3,(H,14,16)/b8-7+. The van der Waals surface area contributed by atoms with E-state index in [0.717, 1.165) is 11.4 Å². The largest absolute Gasteiger partial charge is 0.296 e. The van der Waals surface area contributed by atoms with Gasteiger partial charge in [-0.15, -0.1) is 10.2 Å². The number of aromatic nitrogens is 3. The second-order valence-corrected chi connectivity index (χ2v) is 3.78. The molecule has 0 bridgehead atoms. The molecule has 2 aromatic rings. The van der Waals surface area contributed by atoms with E-state index < -0.39 is 0 Å². The van der Waals surface area contributed by atoms with Gasteiger partial charge in [0.1, 0.15) is 0 Å². The Hall–Kier alpha value is -2.14. The molecular formula is C12H15N5. The van der Waals surface area contributed by atoms with E-state index in [4.69, 9.17) is 5.84 Å². The van der Waals surface area contributed by atoms with Gasteiger partial charge < -0.3 is 0 Å².